The van der Waals surface area contributed by atoms with Crippen molar-refractivity contribution >= 4 is 0 Å². The van der Waals surface area contributed by atoms with Gasteiger partial charge in [-0.3, -0.25) is 0 Å². The maximum atomic E-state index is 10.2. The lowest BCUT2D eigenvalue weighted by molar-refractivity contribution is 0.127. The molecule has 2 aromatic carbocycles. The number of hydrogen-bond acceptors (Lipinski definition) is 3. The molecule has 2 N–H and O–H groups in total. The van der Waals surface area contributed by atoms with Gasteiger partial charge in [0.25, 0.3) is 0 Å². The summed E-state index contributed by atoms with van der Waals surface area (Å²) < 4.78 is 5.58. The SMILES string of the molecule is CCCCOCCCCc1cccc(O)c1-c1ccccc1O. The summed E-state index contributed by atoms with van der Waals surface area (Å²) >= 11 is 0. The normalized spacial score (nSPS) is 10.8. The minimum Gasteiger partial charge on any atom is -0.507 e. The molecule has 23 heavy (non-hydrogen) atoms. The van der Waals surface area contributed by atoms with E-state index in [-0.39, 0.29) is 11.5 Å². The van der Waals surface area contributed by atoms with Crippen LogP contribution in [0.3, 0.4) is 0 Å². The Balaban J connectivity index is 2.00. The Morgan fingerprint density at radius 2 is 1.57 bits per heavy atom. The average Bonchev–Trinajstić information content (AvgIpc) is 2.55. The number of rotatable bonds is 9. The molecule has 0 saturated heterocycles. The average molecular weight is 314 g/mol. The van der Waals surface area contributed by atoms with Gasteiger partial charge in [0.05, 0.1) is 0 Å². The molecule has 0 aliphatic carbocycles. The first kappa shape index (κ1) is 17.4. The molecule has 0 spiro atoms. The lowest BCUT2D eigenvalue weighted by Gasteiger charge is -2.13. The first-order valence-corrected chi connectivity index (χ1v) is 8.41. The molecule has 0 aromatic heterocycles. The van der Waals surface area contributed by atoms with E-state index in [1.54, 1.807) is 18.2 Å². The van der Waals surface area contributed by atoms with Gasteiger partial charge in [0.15, 0.2) is 0 Å². The lowest BCUT2D eigenvalue weighted by Crippen LogP contribution is -1.98. The van der Waals surface area contributed by atoms with Gasteiger partial charge in [0, 0.05) is 24.3 Å². The third kappa shape index (κ3) is 5.00. The number of hydrogen-bond donors (Lipinski definition) is 2. The van der Waals surface area contributed by atoms with E-state index >= 15 is 0 Å². The molecule has 0 aliphatic rings. The summed E-state index contributed by atoms with van der Waals surface area (Å²) in [6.07, 6.45) is 5.13. The Hall–Kier alpha value is -2.00. The van der Waals surface area contributed by atoms with Crippen molar-refractivity contribution in [2.24, 2.45) is 0 Å². The maximum absolute atomic E-state index is 10.2. The fraction of sp³-hybridized carbons (Fsp3) is 0.400. The summed E-state index contributed by atoms with van der Waals surface area (Å²) in [6, 6.07) is 12.7. The highest BCUT2D eigenvalue weighted by atomic mass is 16.5. The number of aryl methyl sites for hydroxylation is 1. The second kappa shape index (κ2) is 9.21. The van der Waals surface area contributed by atoms with E-state index in [4.69, 9.17) is 4.74 Å². The monoisotopic (exact) mass is 314 g/mol. The van der Waals surface area contributed by atoms with Crippen molar-refractivity contribution in [2.75, 3.05) is 13.2 Å². The minimum absolute atomic E-state index is 0.193. The Morgan fingerprint density at radius 1 is 0.826 bits per heavy atom. The van der Waals surface area contributed by atoms with E-state index in [1.807, 2.05) is 24.3 Å². The Labute approximate surface area is 138 Å². The Bertz CT molecular complexity index is 608. The predicted octanol–water partition coefficient (Wildman–Crippen LogP) is 4.90. The zero-order valence-corrected chi connectivity index (χ0v) is 13.8. The van der Waals surface area contributed by atoms with Gasteiger partial charge >= 0.3 is 0 Å². The van der Waals surface area contributed by atoms with Crippen molar-refractivity contribution in [2.45, 2.75) is 39.0 Å². The first-order chi connectivity index (χ1) is 11.2. The molecule has 0 saturated carbocycles. The summed E-state index contributed by atoms with van der Waals surface area (Å²) in [5.74, 6) is 0.404. The van der Waals surface area contributed by atoms with Crippen molar-refractivity contribution in [1.29, 1.82) is 0 Å². The molecule has 3 nitrogen and oxygen atoms in total. The minimum atomic E-state index is 0.193. The van der Waals surface area contributed by atoms with Gasteiger partial charge in [0.1, 0.15) is 11.5 Å². The van der Waals surface area contributed by atoms with Crippen molar-refractivity contribution in [3.05, 3.63) is 48.0 Å². The molecular weight excluding hydrogens is 288 g/mol. The number of phenols is 2. The summed E-state index contributed by atoms with van der Waals surface area (Å²) in [6.45, 7) is 3.78. The van der Waals surface area contributed by atoms with Crippen LogP contribution < -0.4 is 0 Å². The molecule has 0 atom stereocenters. The van der Waals surface area contributed by atoms with Gasteiger partial charge in [0.2, 0.25) is 0 Å². The van der Waals surface area contributed by atoms with Gasteiger partial charge in [-0.2, -0.15) is 0 Å². The van der Waals surface area contributed by atoms with Crippen molar-refractivity contribution in [1.82, 2.24) is 0 Å². The van der Waals surface area contributed by atoms with Crippen LogP contribution in [0.2, 0.25) is 0 Å². The van der Waals surface area contributed by atoms with Crippen molar-refractivity contribution in [3.8, 4) is 22.6 Å². The summed E-state index contributed by atoms with van der Waals surface area (Å²) in [5.41, 5.74) is 2.47. The third-order valence-electron chi connectivity index (χ3n) is 3.93. The standard InChI is InChI=1S/C20H26O3/c1-2-3-14-23-15-7-6-9-16-10-8-13-19(22)20(16)17-11-4-5-12-18(17)21/h4-5,8,10-13,21-22H,2-3,6-7,9,14-15H2,1H3. The molecule has 0 amide bonds. The molecule has 0 heterocycles. The predicted molar refractivity (Wildman–Crippen MR) is 93.9 cm³/mol. The number of para-hydroxylation sites is 1. The second-order valence-corrected chi connectivity index (χ2v) is 5.75. The molecule has 0 unspecified atom stereocenters. The van der Waals surface area contributed by atoms with Crippen LogP contribution in [0.15, 0.2) is 42.5 Å². The van der Waals surface area contributed by atoms with Crippen LogP contribution in [0.25, 0.3) is 11.1 Å². The molecule has 0 bridgehead atoms. The molecule has 2 aromatic rings. The van der Waals surface area contributed by atoms with Crippen LogP contribution in [-0.2, 0) is 11.2 Å². The third-order valence-corrected chi connectivity index (χ3v) is 3.93. The number of benzene rings is 2. The highest BCUT2D eigenvalue weighted by molar-refractivity contribution is 5.78. The molecule has 2 rings (SSSR count). The van der Waals surface area contributed by atoms with E-state index in [0.717, 1.165) is 56.4 Å². The fourth-order valence-electron chi connectivity index (χ4n) is 2.66. The number of ether oxygens (including phenoxy) is 1. The second-order valence-electron chi connectivity index (χ2n) is 5.75. The molecule has 0 fully saturated rings. The van der Waals surface area contributed by atoms with Gasteiger partial charge in [-0.1, -0.05) is 43.7 Å². The van der Waals surface area contributed by atoms with Crippen LogP contribution in [0.5, 0.6) is 11.5 Å². The molecular formula is C20H26O3. The molecule has 0 aliphatic heterocycles. The summed E-state index contributed by atoms with van der Waals surface area (Å²) in [5, 5.41) is 20.3. The smallest absolute Gasteiger partial charge is 0.123 e. The quantitative estimate of drug-likeness (QED) is 0.647. The summed E-state index contributed by atoms with van der Waals surface area (Å²) in [7, 11) is 0. The molecule has 0 radical (unpaired) electrons. The van der Waals surface area contributed by atoms with Crippen LogP contribution in [0.1, 0.15) is 38.2 Å². The Morgan fingerprint density at radius 3 is 2.35 bits per heavy atom. The lowest BCUT2D eigenvalue weighted by atomic mass is 9.94. The van der Waals surface area contributed by atoms with E-state index < -0.39 is 0 Å². The van der Waals surface area contributed by atoms with Gasteiger partial charge in [-0.25, -0.2) is 0 Å². The highest BCUT2D eigenvalue weighted by Crippen LogP contribution is 2.38. The van der Waals surface area contributed by atoms with E-state index in [1.165, 1.54) is 0 Å². The highest BCUT2D eigenvalue weighted by Gasteiger charge is 2.13. The van der Waals surface area contributed by atoms with E-state index in [2.05, 4.69) is 6.92 Å². The number of aromatic hydroxyl groups is 2. The molecule has 124 valence electrons. The van der Waals surface area contributed by atoms with Crippen LogP contribution in [0.4, 0.5) is 0 Å². The zero-order valence-electron chi connectivity index (χ0n) is 13.8. The first-order valence-electron chi connectivity index (χ1n) is 8.41. The number of phenolic OH excluding ortho intramolecular Hbond substituents is 2. The van der Waals surface area contributed by atoms with E-state index in [9.17, 15) is 10.2 Å². The number of unbranched alkanes of at least 4 members (excludes halogenated alkanes) is 2. The largest absolute Gasteiger partial charge is 0.507 e. The van der Waals surface area contributed by atoms with E-state index in [0.29, 0.717) is 5.56 Å². The van der Waals surface area contributed by atoms with Crippen LogP contribution >= 0.6 is 0 Å². The van der Waals surface area contributed by atoms with Gasteiger partial charge in [-0.05, 0) is 43.4 Å². The van der Waals surface area contributed by atoms with Gasteiger partial charge in [-0.15, -0.1) is 0 Å². The topological polar surface area (TPSA) is 49.7 Å². The Kier molecular flexibility index (Phi) is 6.95. The zero-order chi connectivity index (χ0) is 16.5. The van der Waals surface area contributed by atoms with Gasteiger partial charge < -0.3 is 14.9 Å². The van der Waals surface area contributed by atoms with Crippen LogP contribution in [-0.4, -0.2) is 23.4 Å². The molecule has 3 heteroatoms. The maximum Gasteiger partial charge on any atom is 0.123 e. The fourth-order valence-corrected chi connectivity index (χ4v) is 2.66. The van der Waals surface area contributed by atoms with Crippen LogP contribution in [0, 0.1) is 0 Å². The summed E-state index contributed by atoms with van der Waals surface area (Å²) in [4.78, 5) is 0. The van der Waals surface area contributed by atoms with Crippen molar-refractivity contribution < 1.29 is 14.9 Å². The van der Waals surface area contributed by atoms with Crippen molar-refractivity contribution in [3.63, 3.8) is 0 Å².